The summed E-state index contributed by atoms with van der Waals surface area (Å²) in [5.74, 6) is 0.932. The average Bonchev–Trinajstić information content (AvgIpc) is 2.20. The van der Waals surface area contributed by atoms with Gasteiger partial charge in [-0.2, -0.15) is 0 Å². The van der Waals surface area contributed by atoms with Crippen molar-refractivity contribution in [2.75, 3.05) is 18.9 Å². The highest BCUT2D eigenvalue weighted by Crippen LogP contribution is 2.15. The van der Waals surface area contributed by atoms with Crippen molar-refractivity contribution in [3.05, 3.63) is 15.1 Å². The summed E-state index contributed by atoms with van der Waals surface area (Å²) in [6, 6.07) is 0. The van der Waals surface area contributed by atoms with Crippen LogP contribution < -0.4 is 5.73 Å². The monoisotopic (exact) mass is 343 g/mol. The molecule has 0 aliphatic rings. The van der Waals surface area contributed by atoms with Gasteiger partial charge in [0.2, 0.25) is 0 Å². The Morgan fingerprint density at radius 3 is 2.69 bits per heavy atom. The van der Waals surface area contributed by atoms with Crippen molar-refractivity contribution in [2.45, 2.75) is 19.8 Å². The quantitative estimate of drug-likeness (QED) is 0.654. The zero-order valence-corrected chi connectivity index (χ0v) is 10.9. The molecular weight excluding hydrogens is 331 g/mol. The van der Waals surface area contributed by atoms with Crippen LogP contribution in [-0.2, 0) is 11.2 Å². The van der Waals surface area contributed by atoms with E-state index in [1.54, 1.807) is 0 Å². The number of alkyl halides is 2. The molecule has 1 aromatic rings. The molecule has 0 aromatic carbocycles. The number of nitrogens with two attached hydrogens (primary N) is 1. The zero-order chi connectivity index (χ0) is 12.1. The molecule has 0 fully saturated rings. The maximum atomic E-state index is 11.8. The molecule has 0 unspecified atom stereocenters. The Kier molecular flexibility index (Phi) is 5.26. The van der Waals surface area contributed by atoms with E-state index in [4.69, 9.17) is 10.5 Å². The lowest BCUT2D eigenvalue weighted by Crippen LogP contribution is -2.10. The molecule has 0 bridgehead atoms. The molecule has 1 aromatic heterocycles. The fourth-order valence-corrected chi connectivity index (χ4v) is 1.33. The highest BCUT2D eigenvalue weighted by Gasteiger charge is 2.07. The smallest absolute Gasteiger partial charge is 0.261 e. The van der Waals surface area contributed by atoms with E-state index in [-0.39, 0.29) is 6.61 Å². The van der Waals surface area contributed by atoms with E-state index in [1.807, 2.05) is 6.92 Å². The normalized spacial score (nSPS) is 11.1. The number of ether oxygens (including phenoxy) is 1. The first-order valence-electron chi connectivity index (χ1n) is 4.65. The summed E-state index contributed by atoms with van der Waals surface area (Å²) in [5, 5.41) is 0. The van der Waals surface area contributed by atoms with E-state index in [0.29, 0.717) is 18.1 Å². The number of anilines is 1. The number of nitrogen functional groups attached to an aromatic ring is 1. The Morgan fingerprint density at radius 1 is 1.44 bits per heavy atom. The summed E-state index contributed by atoms with van der Waals surface area (Å²) in [7, 11) is 0. The number of hydrogen-bond acceptors (Lipinski definition) is 4. The van der Waals surface area contributed by atoms with Gasteiger partial charge in [0.1, 0.15) is 18.2 Å². The van der Waals surface area contributed by atoms with Gasteiger partial charge in [-0.3, -0.25) is 0 Å². The fourth-order valence-electron chi connectivity index (χ4n) is 1.09. The SMILES string of the molecule is Cc1nc(CCOCC(F)F)nc(N)c1I. The van der Waals surface area contributed by atoms with Crippen LogP contribution in [0.15, 0.2) is 0 Å². The second-order valence-corrected chi connectivity index (χ2v) is 4.22. The third kappa shape index (κ3) is 4.12. The fraction of sp³-hybridized carbons (Fsp3) is 0.556. The van der Waals surface area contributed by atoms with E-state index >= 15 is 0 Å². The van der Waals surface area contributed by atoms with Gasteiger partial charge < -0.3 is 10.5 Å². The van der Waals surface area contributed by atoms with Crippen LogP contribution in [0, 0.1) is 10.5 Å². The second kappa shape index (κ2) is 6.24. The molecule has 90 valence electrons. The molecule has 1 rings (SSSR count). The third-order valence-electron chi connectivity index (χ3n) is 1.80. The largest absolute Gasteiger partial charge is 0.383 e. The van der Waals surface area contributed by atoms with Crippen molar-refractivity contribution < 1.29 is 13.5 Å². The predicted molar refractivity (Wildman–Crippen MR) is 64.4 cm³/mol. The minimum absolute atomic E-state index is 0.170. The highest BCUT2D eigenvalue weighted by molar-refractivity contribution is 14.1. The van der Waals surface area contributed by atoms with E-state index in [9.17, 15) is 8.78 Å². The first kappa shape index (κ1) is 13.5. The predicted octanol–water partition coefficient (Wildman–Crippen LogP) is 1.80. The van der Waals surface area contributed by atoms with E-state index < -0.39 is 13.0 Å². The van der Waals surface area contributed by atoms with Gasteiger partial charge in [0.05, 0.1) is 15.9 Å². The van der Waals surface area contributed by atoms with Crippen molar-refractivity contribution in [1.82, 2.24) is 9.97 Å². The van der Waals surface area contributed by atoms with Gasteiger partial charge in [-0.05, 0) is 29.5 Å². The van der Waals surface area contributed by atoms with E-state index in [2.05, 4.69) is 32.6 Å². The van der Waals surface area contributed by atoms with Crippen LogP contribution in [0.25, 0.3) is 0 Å². The van der Waals surface area contributed by atoms with Crippen LogP contribution in [0.4, 0.5) is 14.6 Å². The number of aryl methyl sites for hydroxylation is 1. The van der Waals surface area contributed by atoms with Gasteiger partial charge >= 0.3 is 0 Å². The Labute approximate surface area is 106 Å². The van der Waals surface area contributed by atoms with Gasteiger partial charge in [-0.15, -0.1) is 0 Å². The van der Waals surface area contributed by atoms with Crippen molar-refractivity contribution in [1.29, 1.82) is 0 Å². The molecule has 0 radical (unpaired) electrons. The molecule has 0 spiro atoms. The molecule has 0 aliphatic carbocycles. The van der Waals surface area contributed by atoms with Crippen molar-refractivity contribution >= 4 is 28.4 Å². The van der Waals surface area contributed by atoms with Crippen LogP contribution in [-0.4, -0.2) is 29.6 Å². The lowest BCUT2D eigenvalue weighted by molar-refractivity contribution is 0.0183. The van der Waals surface area contributed by atoms with E-state index in [0.717, 1.165) is 9.26 Å². The standard InChI is InChI=1S/C9H12F2IN3O/c1-5-8(12)9(13)15-7(14-5)2-3-16-4-6(10)11/h6H,2-4H2,1H3,(H2,13,14,15). The third-order valence-corrected chi connectivity index (χ3v) is 3.14. The topological polar surface area (TPSA) is 61.0 Å². The summed E-state index contributed by atoms with van der Waals surface area (Å²) >= 11 is 2.06. The van der Waals surface area contributed by atoms with Crippen molar-refractivity contribution in [2.24, 2.45) is 0 Å². The van der Waals surface area contributed by atoms with Crippen LogP contribution in [0.2, 0.25) is 0 Å². The summed E-state index contributed by atoms with van der Waals surface area (Å²) in [5.41, 5.74) is 6.44. The number of hydrogen-bond donors (Lipinski definition) is 1. The number of rotatable bonds is 5. The van der Waals surface area contributed by atoms with Gasteiger partial charge in [0.25, 0.3) is 6.43 Å². The zero-order valence-electron chi connectivity index (χ0n) is 8.71. The lowest BCUT2D eigenvalue weighted by atomic mass is 10.3. The van der Waals surface area contributed by atoms with Crippen LogP contribution in [0.3, 0.4) is 0 Å². The summed E-state index contributed by atoms with van der Waals surface area (Å²) < 4.78 is 29.1. The summed E-state index contributed by atoms with van der Waals surface area (Å²) in [6.45, 7) is 1.44. The molecule has 4 nitrogen and oxygen atoms in total. The minimum atomic E-state index is -2.44. The maximum absolute atomic E-state index is 11.8. The highest BCUT2D eigenvalue weighted by atomic mass is 127. The molecule has 0 saturated heterocycles. The maximum Gasteiger partial charge on any atom is 0.261 e. The van der Waals surface area contributed by atoms with Crippen molar-refractivity contribution in [3.63, 3.8) is 0 Å². The average molecular weight is 343 g/mol. The van der Waals surface area contributed by atoms with Gasteiger partial charge in [0, 0.05) is 6.42 Å². The van der Waals surface area contributed by atoms with Gasteiger partial charge in [0.15, 0.2) is 0 Å². The Hall–Kier alpha value is -0.570. The molecule has 16 heavy (non-hydrogen) atoms. The molecule has 0 amide bonds. The molecule has 2 N–H and O–H groups in total. The molecular formula is C9H12F2IN3O. The van der Waals surface area contributed by atoms with Crippen LogP contribution in [0.5, 0.6) is 0 Å². The van der Waals surface area contributed by atoms with Gasteiger partial charge in [-0.1, -0.05) is 0 Å². The van der Waals surface area contributed by atoms with E-state index in [1.165, 1.54) is 0 Å². The number of aromatic nitrogens is 2. The number of nitrogens with zero attached hydrogens (tertiary/aromatic N) is 2. The van der Waals surface area contributed by atoms with Crippen molar-refractivity contribution in [3.8, 4) is 0 Å². The lowest BCUT2D eigenvalue weighted by Gasteiger charge is -2.06. The molecule has 7 heteroatoms. The second-order valence-electron chi connectivity index (χ2n) is 3.14. The van der Waals surface area contributed by atoms with Crippen LogP contribution in [0.1, 0.15) is 11.5 Å². The Morgan fingerprint density at radius 2 is 2.12 bits per heavy atom. The molecule has 1 heterocycles. The van der Waals surface area contributed by atoms with Crippen LogP contribution >= 0.6 is 22.6 Å². The summed E-state index contributed by atoms with van der Waals surface area (Å²) in [4.78, 5) is 8.23. The molecule has 0 atom stereocenters. The first-order chi connectivity index (χ1) is 7.50. The first-order valence-corrected chi connectivity index (χ1v) is 5.73. The summed E-state index contributed by atoms with van der Waals surface area (Å²) in [6.07, 6.45) is -2.06. The minimum Gasteiger partial charge on any atom is -0.383 e. The van der Waals surface area contributed by atoms with Gasteiger partial charge in [-0.25, -0.2) is 18.7 Å². The molecule has 0 aliphatic heterocycles. The Balaban J connectivity index is 2.49. The number of halogens is 3. The Bertz CT molecular complexity index is 340. The molecule has 0 saturated carbocycles.